The summed E-state index contributed by atoms with van der Waals surface area (Å²) in [5, 5.41) is 4.87. The van der Waals surface area contributed by atoms with Gasteiger partial charge in [0.15, 0.2) is 5.65 Å². The fourth-order valence-corrected chi connectivity index (χ4v) is 4.07. The molecule has 5 rings (SSSR count). The quantitative estimate of drug-likeness (QED) is 0.682. The summed E-state index contributed by atoms with van der Waals surface area (Å²) < 4.78 is 37.8. The molecule has 2 aliphatic rings. The zero-order chi connectivity index (χ0) is 21.1. The number of nitrogens with two attached hydrogens (primary N) is 1. The van der Waals surface area contributed by atoms with Gasteiger partial charge in [0.05, 0.1) is 20.3 Å². The van der Waals surface area contributed by atoms with Crippen LogP contribution < -0.4 is 10.5 Å². The van der Waals surface area contributed by atoms with Crippen molar-refractivity contribution < 1.29 is 18.3 Å². The standard InChI is InChI=1S/C10H17F2NO.C10H9N5O/c11-10(12)3-1-9(2-4-10)13-5-7-14-8-6-13;1-16-7-4-2-3-6-8(7)14-10(11)15-9(6)12-5-13-15/h9H,1-8H2;2-5H,1H3,(H2,11,14). The lowest BCUT2D eigenvalue weighted by atomic mass is 9.91. The van der Waals surface area contributed by atoms with Gasteiger partial charge >= 0.3 is 0 Å². The Kier molecular flexibility index (Phi) is 5.96. The number of fused-ring (bicyclic) bond motifs is 3. The maximum atomic E-state index is 12.9. The number of morpholine rings is 1. The summed E-state index contributed by atoms with van der Waals surface area (Å²) in [6.07, 6.45) is 2.87. The number of alkyl halides is 2. The van der Waals surface area contributed by atoms with Gasteiger partial charge < -0.3 is 15.2 Å². The van der Waals surface area contributed by atoms with Crippen LogP contribution in [0.5, 0.6) is 5.75 Å². The predicted octanol–water partition coefficient (Wildman–Crippen LogP) is 2.76. The molecule has 162 valence electrons. The van der Waals surface area contributed by atoms with Gasteiger partial charge in [0.25, 0.3) is 0 Å². The summed E-state index contributed by atoms with van der Waals surface area (Å²) in [4.78, 5) is 10.7. The molecule has 0 radical (unpaired) electrons. The summed E-state index contributed by atoms with van der Waals surface area (Å²) in [7, 11) is 1.60. The molecular weight excluding hydrogens is 394 g/mol. The summed E-state index contributed by atoms with van der Waals surface area (Å²) >= 11 is 0. The largest absolute Gasteiger partial charge is 0.494 e. The highest BCUT2D eigenvalue weighted by atomic mass is 19.3. The minimum atomic E-state index is -2.40. The third-order valence-corrected chi connectivity index (χ3v) is 5.70. The Hall–Kier alpha value is -2.59. The number of halogens is 2. The number of hydrogen-bond acceptors (Lipinski definition) is 7. The van der Waals surface area contributed by atoms with Crippen molar-refractivity contribution in [3.8, 4) is 5.75 Å². The van der Waals surface area contributed by atoms with Gasteiger partial charge in [-0.15, -0.1) is 0 Å². The molecule has 0 unspecified atom stereocenters. The van der Waals surface area contributed by atoms with E-state index in [2.05, 4.69) is 20.0 Å². The van der Waals surface area contributed by atoms with Crippen molar-refractivity contribution in [1.82, 2.24) is 24.5 Å². The SMILES string of the molecule is COc1cccc2c1nc(N)n1ncnc21.FC1(F)CCC(N2CCOCC2)CC1. The highest BCUT2D eigenvalue weighted by molar-refractivity contribution is 5.95. The molecule has 0 amide bonds. The molecule has 2 N–H and O–H groups in total. The van der Waals surface area contributed by atoms with Gasteiger partial charge in [0.1, 0.15) is 17.6 Å². The average Bonchev–Trinajstić information content (AvgIpc) is 3.26. The van der Waals surface area contributed by atoms with Gasteiger partial charge in [-0.2, -0.15) is 9.61 Å². The van der Waals surface area contributed by atoms with Crippen LogP contribution in [0.15, 0.2) is 24.5 Å². The van der Waals surface area contributed by atoms with Crippen molar-refractivity contribution >= 4 is 22.5 Å². The van der Waals surface area contributed by atoms with E-state index in [0.29, 0.717) is 41.7 Å². The number of aromatic nitrogens is 4. The molecule has 1 saturated carbocycles. The van der Waals surface area contributed by atoms with E-state index in [4.69, 9.17) is 15.2 Å². The lowest BCUT2D eigenvalue weighted by molar-refractivity contribution is -0.0657. The molecule has 2 fully saturated rings. The first kappa shape index (κ1) is 20.7. The van der Waals surface area contributed by atoms with Crippen LogP contribution in [-0.2, 0) is 4.74 Å². The first-order chi connectivity index (χ1) is 14.5. The maximum Gasteiger partial charge on any atom is 0.248 e. The Bertz CT molecular complexity index is 996. The summed E-state index contributed by atoms with van der Waals surface area (Å²) in [5.41, 5.74) is 7.16. The Morgan fingerprint density at radius 2 is 1.93 bits per heavy atom. The number of rotatable bonds is 2. The Morgan fingerprint density at radius 3 is 2.63 bits per heavy atom. The van der Waals surface area contributed by atoms with E-state index in [1.807, 2.05) is 18.2 Å². The van der Waals surface area contributed by atoms with Crippen LogP contribution in [-0.4, -0.2) is 69.9 Å². The van der Waals surface area contributed by atoms with Gasteiger partial charge in [0.2, 0.25) is 11.9 Å². The molecule has 30 heavy (non-hydrogen) atoms. The van der Waals surface area contributed by atoms with Crippen molar-refractivity contribution in [2.24, 2.45) is 0 Å². The highest BCUT2D eigenvalue weighted by Crippen LogP contribution is 2.35. The minimum Gasteiger partial charge on any atom is -0.494 e. The van der Waals surface area contributed by atoms with E-state index < -0.39 is 5.92 Å². The van der Waals surface area contributed by atoms with Crippen molar-refractivity contribution in [1.29, 1.82) is 0 Å². The lowest BCUT2D eigenvalue weighted by Crippen LogP contribution is -2.46. The van der Waals surface area contributed by atoms with Gasteiger partial charge in [-0.25, -0.2) is 18.7 Å². The Labute approximate surface area is 173 Å². The average molecular weight is 420 g/mol. The summed E-state index contributed by atoms with van der Waals surface area (Å²) in [5.74, 6) is -1.43. The monoisotopic (exact) mass is 420 g/mol. The van der Waals surface area contributed by atoms with Crippen LogP contribution >= 0.6 is 0 Å². The maximum absolute atomic E-state index is 12.9. The number of methoxy groups -OCH3 is 1. The molecule has 2 aromatic heterocycles. The van der Waals surface area contributed by atoms with E-state index in [1.54, 1.807) is 7.11 Å². The number of anilines is 1. The molecule has 3 aromatic rings. The van der Waals surface area contributed by atoms with E-state index >= 15 is 0 Å². The number of hydrogen-bond donors (Lipinski definition) is 1. The minimum absolute atomic E-state index is 0.0645. The van der Waals surface area contributed by atoms with Crippen LogP contribution in [0.2, 0.25) is 0 Å². The molecule has 3 heterocycles. The van der Waals surface area contributed by atoms with Gasteiger partial charge in [0, 0.05) is 37.4 Å². The van der Waals surface area contributed by atoms with Gasteiger partial charge in [-0.05, 0) is 25.0 Å². The Morgan fingerprint density at radius 1 is 1.20 bits per heavy atom. The fourth-order valence-electron chi connectivity index (χ4n) is 4.07. The molecule has 1 saturated heterocycles. The molecule has 8 nitrogen and oxygen atoms in total. The molecule has 1 aromatic carbocycles. The van der Waals surface area contributed by atoms with E-state index in [1.165, 1.54) is 10.8 Å². The molecule has 1 aliphatic carbocycles. The van der Waals surface area contributed by atoms with Crippen LogP contribution in [0.25, 0.3) is 16.6 Å². The summed E-state index contributed by atoms with van der Waals surface area (Å²) in [6, 6.07) is 6.00. The molecule has 0 spiro atoms. The highest BCUT2D eigenvalue weighted by Gasteiger charge is 2.37. The van der Waals surface area contributed by atoms with Crippen molar-refractivity contribution in [3.63, 3.8) is 0 Å². The second kappa shape index (κ2) is 8.65. The van der Waals surface area contributed by atoms with Crippen LogP contribution in [0.1, 0.15) is 25.7 Å². The zero-order valence-electron chi connectivity index (χ0n) is 16.9. The summed E-state index contributed by atoms with van der Waals surface area (Å²) in [6.45, 7) is 3.34. The molecule has 10 heteroatoms. The van der Waals surface area contributed by atoms with Gasteiger partial charge in [-0.3, -0.25) is 4.90 Å². The number of benzene rings is 1. The first-order valence-corrected chi connectivity index (χ1v) is 10.1. The normalized spacial score (nSPS) is 20.1. The van der Waals surface area contributed by atoms with E-state index in [9.17, 15) is 8.78 Å². The van der Waals surface area contributed by atoms with E-state index in [0.717, 1.165) is 31.7 Å². The predicted molar refractivity (Wildman–Crippen MR) is 109 cm³/mol. The van der Waals surface area contributed by atoms with Crippen molar-refractivity contribution in [2.75, 3.05) is 39.1 Å². The number of nitrogens with zero attached hydrogens (tertiary/aromatic N) is 5. The van der Waals surface area contributed by atoms with Crippen molar-refractivity contribution in [3.05, 3.63) is 24.5 Å². The second-order valence-electron chi connectivity index (χ2n) is 7.56. The lowest BCUT2D eigenvalue weighted by Gasteiger charge is -2.38. The topological polar surface area (TPSA) is 90.8 Å². The number of nitrogen functional groups attached to an aromatic ring is 1. The van der Waals surface area contributed by atoms with E-state index in [-0.39, 0.29) is 12.8 Å². The van der Waals surface area contributed by atoms with Crippen LogP contribution in [0.3, 0.4) is 0 Å². The second-order valence-corrected chi connectivity index (χ2v) is 7.56. The van der Waals surface area contributed by atoms with Crippen LogP contribution in [0, 0.1) is 0 Å². The van der Waals surface area contributed by atoms with Crippen LogP contribution in [0.4, 0.5) is 14.7 Å². The third kappa shape index (κ3) is 4.29. The zero-order valence-corrected chi connectivity index (χ0v) is 16.9. The molecule has 0 atom stereocenters. The number of ether oxygens (including phenoxy) is 2. The third-order valence-electron chi connectivity index (χ3n) is 5.70. The molecular formula is C20H26F2N6O2. The molecule has 1 aliphatic heterocycles. The molecule has 0 bridgehead atoms. The van der Waals surface area contributed by atoms with Crippen molar-refractivity contribution in [2.45, 2.75) is 37.6 Å². The first-order valence-electron chi connectivity index (χ1n) is 10.1. The smallest absolute Gasteiger partial charge is 0.248 e. The fraction of sp³-hybridized carbons (Fsp3) is 0.550. The van der Waals surface area contributed by atoms with Gasteiger partial charge in [-0.1, -0.05) is 6.07 Å². The Balaban J connectivity index is 0.000000147. The number of para-hydroxylation sites is 1.